The van der Waals surface area contributed by atoms with Gasteiger partial charge in [-0.3, -0.25) is 0 Å². The van der Waals surface area contributed by atoms with E-state index in [1.165, 1.54) is 6.33 Å². The summed E-state index contributed by atoms with van der Waals surface area (Å²) in [7, 11) is 0. The van der Waals surface area contributed by atoms with Gasteiger partial charge in [-0.1, -0.05) is 13.8 Å². The van der Waals surface area contributed by atoms with Crippen molar-refractivity contribution in [2.75, 3.05) is 5.73 Å². The van der Waals surface area contributed by atoms with Crippen LogP contribution in [0.15, 0.2) is 18.7 Å². The molecule has 0 saturated carbocycles. The van der Waals surface area contributed by atoms with Gasteiger partial charge in [0.15, 0.2) is 5.82 Å². The molecule has 0 aliphatic rings. The number of halogens is 3. The molecule has 5 nitrogen and oxygen atoms in total. The fourth-order valence-electron chi connectivity index (χ4n) is 1.72. The lowest BCUT2D eigenvalue weighted by molar-refractivity contribution is -0.137. The van der Waals surface area contributed by atoms with Gasteiger partial charge >= 0.3 is 6.18 Å². The molecule has 2 N–H and O–H groups in total. The molecule has 2 aromatic rings. The van der Waals surface area contributed by atoms with E-state index in [2.05, 4.69) is 15.1 Å². The molecule has 19 heavy (non-hydrogen) atoms. The Kier molecular flexibility index (Phi) is 3.17. The lowest BCUT2D eigenvalue weighted by Gasteiger charge is -2.12. The second-order valence-corrected chi connectivity index (χ2v) is 4.32. The van der Waals surface area contributed by atoms with E-state index in [4.69, 9.17) is 5.73 Å². The molecule has 0 unspecified atom stereocenters. The lowest BCUT2D eigenvalue weighted by atomic mass is 10.1. The Morgan fingerprint density at radius 2 is 1.95 bits per heavy atom. The van der Waals surface area contributed by atoms with Gasteiger partial charge in [0, 0.05) is 11.8 Å². The predicted octanol–water partition coefficient (Wildman–Crippen LogP) is 2.39. The lowest BCUT2D eigenvalue weighted by Crippen LogP contribution is -2.10. The molecule has 0 fully saturated rings. The van der Waals surface area contributed by atoms with Gasteiger partial charge < -0.3 is 5.73 Å². The van der Waals surface area contributed by atoms with Crippen molar-refractivity contribution in [1.29, 1.82) is 0 Å². The van der Waals surface area contributed by atoms with Crippen LogP contribution in [-0.2, 0) is 6.18 Å². The van der Waals surface area contributed by atoms with Gasteiger partial charge in [0.2, 0.25) is 0 Å². The minimum absolute atomic E-state index is 0.0327. The summed E-state index contributed by atoms with van der Waals surface area (Å²) in [4.78, 5) is 7.81. The second-order valence-electron chi connectivity index (χ2n) is 4.32. The Morgan fingerprint density at radius 3 is 2.47 bits per heavy atom. The molecule has 102 valence electrons. The van der Waals surface area contributed by atoms with Crippen molar-refractivity contribution in [2.24, 2.45) is 0 Å². The summed E-state index contributed by atoms with van der Waals surface area (Å²) in [6.07, 6.45) is -1.60. The van der Waals surface area contributed by atoms with Crippen LogP contribution in [0.3, 0.4) is 0 Å². The molecule has 2 aromatic heterocycles. The van der Waals surface area contributed by atoms with Gasteiger partial charge in [-0.25, -0.2) is 14.6 Å². The van der Waals surface area contributed by atoms with Gasteiger partial charge in [0.1, 0.15) is 12.1 Å². The normalized spacial score (nSPS) is 12.1. The molecule has 0 atom stereocenters. The second kappa shape index (κ2) is 4.52. The van der Waals surface area contributed by atoms with Crippen molar-refractivity contribution in [3.63, 3.8) is 0 Å². The Morgan fingerprint density at radius 1 is 1.26 bits per heavy atom. The van der Waals surface area contributed by atoms with Crippen LogP contribution in [0.5, 0.6) is 0 Å². The van der Waals surface area contributed by atoms with Crippen LogP contribution in [0.4, 0.5) is 19.0 Å². The van der Waals surface area contributed by atoms with Crippen LogP contribution < -0.4 is 5.73 Å². The number of hydrogen-bond donors (Lipinski definition) is 1. The fourth-order valence-corrected chi connectivity index (χ4v) is 1.72. The molecule has 0 aliphatic carbocycles. The number of hydrogen-bond acceptors (Lipinski definition) is 4. The molecule has 0 aromatic carbocycles. The summed E-state index contributed by atoms with van der Waals surface area (Å²) >= 11 is 0. The van der Waals surface area contributed by atoms with Crippen molar-refractivity contribution in [1.82, 2.24) is 19.7 Å². The van der Waals surface area contributed by atoms with Crippen LogP contribution >= 0.6 is 0 Å². The zero-order valence-corrected chi connectivity index (χ0v) is 10.3. The highest BCUT2D eigenvalue weighted by Crippen LogP contribution is 2.30. The van der Waals surface area contributed by atoms with Crippen molar-refractivity contribution < 1.29 is 13.2 Å². The van der Waals surface area contributed by atoms with Gasteiger partial charge in [-0.2, -0.15) is 18.3 Å². The van der Waals surface area contributed by atoms with E-state index in [1.54, 1.807) is 0 Å². The summed E-state index contributed by atoms with van der Waals surface area (Å²) in [5.41, 5.74) is 5.47. The first-order valence-electron chi connectivity index (χ1n) is 5.53. The Balaban J connectivity index is 2.54. The van der Waals surface area contributed by atoms with Gasteiger partial charge in [-0.15, -0.1) is 0 Å². The van der Waals surface area contributed by atoms with E-state index >= 15 is 0 Å². The van der Waals surface area contributed by atoms with Crippen molar-refractivity contribution >= 4 is 5.82 Å². The Labute approximate surface area is 107 Å². The largest absolute Gasteiger partial charge is 0.419 e. The maximum Gasteiger partial charge on any atom is 0.419 e. The first kappa shape index (κ1) is 13.3. The Hall–Kier alpha value is -2.12. The molecule has 8 heteroatoms. The van der Waals surface area contributed by atoms with Crippen LogP contribution in [0, 0.1) is 0 Å². The smallest absolute Gasteiger partial charge is 0.383 e. The average Bonchev–Trinajstić information content (AvgIpc) is 2.76. The topological polar surface area (TPSA) is 69.6 Å². The molecule has 0 radical (unpaired) electrons. The van der Waals surface area contributed by atoms with Crippen LogP contribution in [0.25, 0.3) is 5.82 Å². The summed E-state index contributed by atoms with van der Waals surface area (Å²) in [6.45, 7) is 3.71. The molecular formula is C11H12F3N5. The molecular weight excluding hydrogens is 259 g/mol. The molecule has 0 spiro atoms. The monoisotopic (exact) mass is 271 g/mol. The maximum absolute atomic E-state index is 12.5. The number of anilines is 1. The van der Waals surface area contributed by atoms with Crippen LogP contribution in [0.1, 0.15) is 30.9 Å². The molecule has 0 bridgehead atoms. The average molecular weight is 271 g/mol. The summed E-state index contributed by atoms with van der Waals surface area (Å²) in [5.74, 6) is 0.469. The third-order valence-electron chi connectivity index (χ3n) is 2.60. The van der Waals surface area contributed by atoms with Crippen molar-refractivity contribution in [2.45, 2.75) is 25.9 Å². The molecule has 0 saturated heterocycles. The number of nitrogen functional groups attached to an aromatic ring is 1. The van der Waals surface area contributed by atoms with E-state index < -0.39 is 11.7 Å². The molecule has 0 amide bonds. The number of aromatic nitrogens is 4. The number of rotatable bonds is 2. The van der Waals surface area contributed by atoms with Crippen molar-refractivity contribution in [3.05, 3.63) is 29.8 Å². The van der Waals surface area contributed by atoms with E-state index in [-0.39, 0.29) is 17.6 Å². The highest BCUT2D eigenvalue weighted by atomic mass is 19.4. The van der Waals surface area contributed by atoms with Gasteiger partial charge in [0.05, 0.1) is 11.8 Å². The molecule has 2 rings (SSSR count). The van der Waals surface area contributed by atoms with Crippen molar-refractivity contribution in [3.8, 4) is 5.82 Å². The predicted molar refractivity (Wildman–Crippen MR) is 62.7 cm³/mol. The fraction of sp³-hybridized carbons (Fsp3) is 0.364. The number of alkyl halides is 3. The van der Waals surface area contributed by atoms with E-state index in [0.717, 1.165) is 17.1 Å². The van der Waals surface area contributed by atoms with E-state index in [1.807, 2.05) is 13.8 Å². The SMILES string of the molecule is CC(C)c1c(N)ncnc1-n1cc(C(F)(F)F)cn1. The zero-order valence-electron chi connectivity index (χ0n) is 10.3. The van der Waals surface area contributed by atoms with Crippen LogP contribution in [-0.4, -0.2) is 19.7 Å². The summed E-state index contributed by atoms with van der Waals surface area (Å²) in [5, 5.41) is 3.69. The third-order valence-corrected chi connectivity index (χ3v) is 2.60. The number of nitrogens with two attached hydrogens (primary N) is 1. The standard InChI is InChI=1S/C11H12F3N5/c1-6(2)8-9(15)16-5-17-10(8)19-4-7(3-18-19)11(12,13)14/h3-6H,1-2H3,(H2,15,16,17). The molecule has 2 heterocycles. The first-order chi connectivity index (χ1) is 8.80. The number of nitrogens with zero attached hydrogens (tertiary/aromatic N) is 4. The van der Waals surface area contributed by atoms with Crippen LogP contribution in [0.2, 0.25) is 0 Å². The van der Waals surface area contributed by atoms with E-state index in [9.17, 15) is 13.2 Å². The Bertz CT molecular complexity index is 588. The van der Waals surface area contributed by atoms with E-state index in [0.29, 0.717) is 5.56 Å². The van der Waals surface area contributed by atoms with Gasteiger partial charge in [-0.05, 0) is 5.92 Å². The molecule has 0 aliphatic heterocycles. The van der Waals surface area contributed by atoms with Gasteiger partial charge in [0.25, 0.3) is 0 Å². The highest BCUT2D eigenvalue weighted by Gasteiger charge is 2.32. The minimum Gasteiger partial charge on any atom is -0.383 e. The first-order valence-corrected chi connectivity index (χ1v) is 5.53. The quantitative estimate of drug-likeness (QED) is 0.910. The maximum atomic E-state index is 12.5. The zero-order chi connectivity index (χ0) is 14.2. The highest BCUT2D eigenvalue weighted by molar-refractivity contribution is 5.50. The minimum atomic E-state index is -4.44. The summed E-state index contributed by atoms with van der Waals surface area (Å²) < 4.78 is 38.7. The third kappa shape index (κ3) is 2.51. The summed E-state index contributed by atoms with van der Waals surface area (Å²) in [6, 6.07) is 0.